The summed E-state index contributed by atoms with van der Waals surface area (Å²) < 4.78 is 4.93. The van der Waals surface area contributed by atoms with Crippen LogP contribution in [0.3, 0.4) is 0 Å². The first-order valence-corrected chi connectivity index (χ1v) is 3.76. The van der Waals surface area contributed by atoms with Crippen molar-refractivity contribution in [1.82, 2.24) is 0 Å². The molecule has 5 heteroatoms. The van der Waals surface area contributed by atoms with E-state index in [1.807, 2.05) is 0 Å². The van der Waals surface area contributed by atoms with E-state index in [1.54, 1.807) is 18.2 Å². The second kappa shape index (κ2) is 4.13. The summed E-state index contributed by atoms with van der Waals surface area (Å²) in [6.45, 7) is 0. The van der Waals surface area contributed by atoms with Gasteiger partial charge in [0.2, 0.25) is 0 Å². The van der Waals surface area contributed by atoms with Gasteiger partial charge in [-0.3, -0.25) is 9.59 Å². The van der Waals surface area contributed by atoms with Crippen molar-refractivity contribution < 1.29 is 14.3 Å². The first kappa shape index (κ1) is 11.2. The summed E-state index contributed by atoms with van der Waals surface area (Å²) in [6, 6.07) is 4.89. The fourth-order valence-corrected chi connectivity index (χ4v) is 1.25. The molecule has 1 aromatic carbocycles. The van der Waals surface area contributed by atoms with E-state index in [1.165, 1.54) is 7.11 Å². The van der Waals surface area contributed by atoms with Crippen LogP contribution in [0.5, 0.6) is 5.75 Å². The SMILES string of the molecule is COc1ccc2c(c1)C(=O)C(=O)N2.[NaH]. The van der Waals surface area contributed by atoms with Gasteiger partial charge in [-0.05, 0) is 18.2 Å². The minimum atomic E-state index is -0.580. The van der Waals surface area contributed by atoms with E-state index < -0.39 is 11.7 Å². The van der Waals surface area contributed by atoms with Gasteiger partial charge in [-0.15, -0.1) is 0 Å². The van der Waals surface area contributed by atoms with Gasteiger partial charge in [0.15, 0.2) is 0 Å². The third kappa shape index (κ3) is 1.68. The average molecular weight is 201 g/mol. The van der Waals surface area contributed by atoms with E-state index in [-0.39, 0.29) is 29.6 Å². The van der Waals surface area contributed by atoms with Crippen LogP contribution in [0.2, 0.25) is 0 Å². The molecule has 14 heavy (non-hydrogen) atoms. The van der Waals surface area contributed by atoms with Crippen LogP contribution in [0, 0.1) is 0 Å². The molecule has 0 unspecified atom stereocenters. The molecular formula is C9H8NNaO3. The second-order valence-corrected chi connectivity index (χ2v) is 2.69. The zero-order chi connectivity index (χ0) is 9.42. The Balaban J connectivity index is 0.000000980. The normalized spacial score (nSPS) is 12.9. The standard InChI is InChI=1S/C9H7NO3.Na.H/c1-13-5-2-3-7-6(4-5)8(11)9(12)10-7;;/h2-4H,1H3,(H,10,11,12);;. The Bertz CT molecular complexity index is 403. The van der Waals surface area contributed by atoms with Crippen LogP contribution in [0.1, 0.15) is 10.4 Å². The van der Waals surface area contributed by atoms with Crippen LogP contribution in [-0.2, 0) is 4.79 Å². The van der Waals surface area contributed by atoms with E-state index in [4.69, 9.17) is 4.74 Å². The van der Waals surface area contributed by atoms with E-state index in [0.29, 0.717) is 17.0 Å². The number of carbonyl (C=O) groups is 2. The summed E-state index contributed by atoms with van der Waals surface area (Å²) in [7, 11) is 1.51. The van der Waals surface area contributed by atoms with Crippen molar-refractivity contribution in [3.63, 3.8) is 0 Å². The number of hydrogen-bond acceptors (Lipinski definition) is 3. The number of fused-ring (bicyclic) bond motifs is 1. The van der Waals surface area contributed by atoms with E-state index in [0.717, 1.165) is 0 Å². The molecular weight excluding hydrogens is 193 g/mol. The van der Waals surface area contributed by atoms with Crippen molar-refractivity contribution in [1.29, 1.82) is 0 Å². The predicted octanol–water partition coefficient (Wildman–Crippen LogP) is 0.181. The molecule has 2 rings (SSSR count). The Morgan fingerprint density at radius 1 is 1.29 bits per heavy atom. The number of rotatable bonds is 1. The van der Waals surface area contributed by atoms with Crippen LogP contribution < -0.4 is 10.1 Å². The van der Waals surface area contributed by atoms with Gasteiger partial charge in [0, 0.05) is 0 Å². The monoisotopic (exact) mass is 201 g/mol. The second-order valence-electron chi connectivity index (χ2n) is 2.69. The molecule has 1 heterocycles. The molecule has 1 aliphatic heterocycles. The number of anilines is 1. The average Bonchev–Trinajstić information content (AvgIpc) is 2.43. The molecule has 0 saturated carbocycles. The maximum absolute atomic E-state index is 11.2. The maximum atomic E-state index is 11.2. The fraction of sp³-hybridized carbons (Fsp3) is 0.111. The summed E-state index contributed by atoms with van der Waals surface area (Å²) in [5.41, 5.74) is 0.931. The summed E-state index contributed by atoms with van der Waals surface area (Å²) >= 11 is 0. The number of Topliss-reactive ketones (excluding diaryl/α,β-unsaturated/α-hetero) is 1. The Labute approximate surface area is 103 Å². The molecule has 0 atom stereocenters. The van der Waals surface area contributed by atoms with Gasteiger partial charge in [0.25, 0.3) is 11.7 Å². The Kier molecular flexibility index (Phi) is 3.31. The van der Waals surface area contributed by atoms with Crippen LogP contribution in [0.25, 0.3) is 0 Å². The van der Waals surface area contributed by atoms with Gasteiger partial charge < -0.3 is 10.1 Å². The summed E-state index contributed by atoms with van der Waals surface area (Å²) in [5, 5.41) is 2.45. The van der Waals surface area contributed by atoms with Crippen LogP contribution in [0.15, 0.2) is 18.2 Å². The molecule has 0 aromatic heterocycles. The van der Waals surface area contributed by atoms with Gasteiger partial charge in [-0.1, -0.05) is 0 Å². The predicted molar refractivity (Wildman–Crippen MR) is 53.1 cm³/mol. The van der Waals surface area contributed by atoms with Crippen molar-refractivity contribution in [3.05, 3.63) is 23.8 Å². The molecule has 1 N–H and O–H groups in total. The van der Waals surface area contributed by atoms with Crippen LogP contribution >= 0.6 is 0 Å². The number of ketones is 1. The Morgan fingerprint density at radius 2 is 2.00 bits per heavy atom. The van der Waals surface area contributed by atoms with E-state index in [9.17, 15) is 9.59 Å². The number of benzene rings is 1. The quantitative estimate of drug-likeness (QED) is 0.521. The van der Waals surface area contributed by atoms with Gasteiger partial charge in [0.1, 0.15) is 5.75 Å². The zero-order valence-electron chi connectivity index (χ0n) is 6.96. The number of methoxy groups -OCH3 is 1. The molecule has 0 fully saturated rings. The summed E-state index contributed by atoms with van der Waals surface area (Å²) in [6.07, 6.45) is 0. The zero-order valence-corrected chi connectivity index (χ0v) is 6.96. The van der Waals surface area contributed by atoms with Crippen molar-refractivity contribution in [2.75, 3.05) is 12.4 Å². The van der Waals surface area contributed by atoms with Crippen molar-refractivity contribution in [3.8, 4) is 5.75 Å². The molecule has 1 aliphatic rings. The Morgan fingerprint density at radius 3 is 2.64 bits per heavy atom. The molecule has 0 saturated heterocycles. The molecule has 0 spiro atoms. The first-order chi connectivity index (χ1) is 6.22. The Hall–Kier alpha value is -0.840. The third-order valence-corrected chi connectivity index (χ3v) is 1.93. The van der Waals surface area contributed by atoms with Crippen molar-refractivity contribution in [2.24, 2.45) is 0 Å². The number of carbonyl (C=O) groups excluding carboxylic acids is 2. The molecule has 0 bridgehead atoms. The molecule has 0 radical (unpaired) electrons. The number of hydrogen-bond donors (Lipinski definition) is 1. The summed E-state index contributed by atoms with van der Waals surface area (Å²) in [5.74, 6) is -0.513. The van der Waals surface area contributed by atoms with Gasteiger partial charge in [0.05, 0.1) is 18.4 Å². The molecule has 1 amide bonds. The number of ether oxygens (including phenoxy) is 1. The molecule has 0 aliphatic carbocycles. The number of nitrogens with one attached hydrogen (secondary N) is 1. The first-order valence-electron chi connectivity index (χ1n) is 3.76. The van der Waals surface area contributed by atoms with Crippen molar-refractivity contribution >= 4 is 46.9 Å². The topological polar surface area (TPSA) is 55.4 Å². The van der Waals surface area contributed by atoms with Crippen LogP contribution in [-0.4, -0.2) is 48.4 Å². The van der Waals surface area contributed by atoms with Crippen molar-refractivity contribution in [2.45, 2.75) is 0 Å². The minimum absolute atomic E-state index is 0. The number of amides is 1. The molecule has 4 nitrogen and oxygen atoms in total. The fourth-order valence-electron chi connectivity index (χ4n) is 1.25. The van der Waals surface area contributed by atoms with Crippen LogP contribution in [0.4, 0.5) is 5.69 Å². The van der Waals surface area contributed by atoms with Gasteiger partial charge >= 0.3 is 29.6 Å². The van der Waals surface area contributed by atoms with E-state index >= 15 is 0 Å². The van der Waals surface area contributed by atoms with Gasteiger partial charge in [-0.2, -0.15) is 0 Å². The summed E-state index contributed by atoms with van der Waals surface area (Å²) in [4.78, 5) is 22.1. The molecule has 1 aromatic rings. The van der Waals surface area contributed by atoms with Gasteiger partial charge in [-0.25, -0.2) is 0 Å². The van der Waals surface area contributed by atoms with E-state index in [2.05, 4.69) is 5.32 Å². The third-order valence-electron chi connectivity index (χ3n) is 1.93. The molecule has 68 valence electrons.